The summed E-state index contributed by atoms with van der Waals surface area (Å²) in [7, 11) is -2.09. The summed E-state index contributed by atoms with van der Waals surface area (Å²) in [6.07, 6.45) is 0.592. The molecule has 9 heteroatoms. The Morgan fingerprint density at radius 1 is 1.48 bits per heavy atom. The van der Waals surface area contributed by atoms with Crippen LogP contribution in [0.3, 0.4) is 0 Å². The van der Waals surface area contributed by atoms with Gasteiger partial charge in [0, 0.05) is 25.8 Å². The lowest BCUT2D eigenvalue weighted by Crippen LogP contribution is -2.29. The van der Waals surface area contributed by atoms with Crippen LogP contribution in [0.5, 0.6) is 0 Å². The molecule has 1 aromatic rings. The predicted molar refractivity (Wildman–Crippen MR) is 80.3 cm³/mol. The van der Waals surface area contributed by atoms with Crippen LogP contribution >= 0.6 is 22.9 Å². The van der Waals surface area contributed by atoms with Gasteiger partial charge in [0.2, 0.25) is 0 Å². The molecule has 120 valence electrons. The average Bonchev–Trinajstić information content (AvgIpc) is 3.02. The van der Waals surface area contributed by atoms with Crippen molar-refractivity contribution in [3.63, 3.8) is 0 Å². The Hall–Kier alpha value is -0.220. The number of hydrogen-bond acceptors (Lipinski definition) is 6. The summed E-state index contributed by atoms with van der Waals surface area (Å²) in [6.45, 7) is 3.33. The lowest BCUT2D eigenvalue weighted by atomic mass is 10.2. The normalized spacial score (nSPS) is 18.2. The van der Waals surface area contributed by atoms with Crippen molar-refractivity contribution in [2.75, 3.05) is 33.5 Å². The average molecular weight is 356 g/mol. The van der Waals surface area contributed by atoms with Gasteiger partial charge in [0.1, 0.15) is 4.21 Å². The molecule has 1 saturated heterocycles. The molecular formula is C12H18ClNO5S2. The molecule has 21 heavy (non-hydrogen) atoms. The van der Waals surface area contributed by atoms with E-state index < -0.39 is 15.8 Å². The van der Waals surface area contributed by atoms with Crippen LogP contribution in [0.25, 0.3) is 0 Å². The zero-order valence-corrected chi connectivity index (χ0v) is 14.2. The highest BCUT2D eigenvalue weighted by atomic mass is 35.5. The number of methoxy groups -OCH3 is 1. The van der Waals surface area contributed by atoms with Gasteiger partial charge in [-0.05, 0) is 19.4 Å². The molecule has 0 amide bonds. The first kappa shape index (κ1) is 17.1. The summed E-state index contributed by atoms with van der Waals surface area (Å²) in [5.41, 5.74) is 0.439. The standard InChI is InChI=1S/C12H18ClNO5S2/c1-12(18-6-7-19-12)9-8-10(13)20-11(9)21(15,16)14-4-3-5-17-2/h8,14H,3-7H2,1-2H3. The summed E-state index contributed by atoms with van der Waals surface area (Å²) in [4.78, 5) is 0. The van der Waals surface area contributed by atoms with Crippen molar-refractivity contribution in [3.05, 3.63) is 16.0 Å². The fraction of sp³-hybridized carbons (Fsp3) is 0.667. The van der Waals surface area contributed by atoms with Crippen molar-refractivity contribution in [1.82, 2.24) is 4.72 Å². The number of ether oxygens (including phenoxy) is 3. The summed E-state index contributed by atoms with van der Waals surface area (Å²) >= 11 is 6.99. The number of thiophene rings is 1. The van der Waals surface area contributed by atoms with E-state index >= 15 is 0 Å². The first-order valence-corrected chi connectivity index (χ1v) is 9.13. The van der Waals surface area contributed by atoms with E-state index in [1.807, 2.05) is 0 Å². The minimum Gasteiger partial charge on any atom is -0.385 e. The van der Waals surface area contributed by atoms with Crippen molar-refractivity contribution >= 4 is 33.0 Å². The Morgan fingerprint density at radius 2 is 2.14 bits per heavy atom. The van der Waals surface area contributed by atoms with Crippen LogP contribution in [0.2, 0.25) is 4.34 Å². The van der Waals surface area contributed by atoms with Gasteiger partial charge in [-0.3, -0.25) is 0 Å². The van der Waals surface area contributed by atoms with Gasteiger partial charge >= 0.3 is 0 Å². The maximum absolute atomic E-state index is 12.4. The van der Waals surface area contributed by atoms with Crippen LogP contribution in [-0.4, -0.2) is 41.9 Å². The topological polar surface area (TPSA) is 73.9 Å². The molecule has 0 unspecified atom stereocenters. The van der Waals surface area contributed by atoms with E-state index in [0.717, 1.165) is 11.3 Å². The van der Waals surface area contributed by atoms with Crippen molar-refractivity contribution in [1.29, 1.82) is 0 Å². The maximum atomic E-state index is 12.4. The van der Waals surface area contributed by atoms with Gasteiger partial charge in [0.05, 0.1) is 17.6 Å². The van der Waals surface area contributed by atoms with E-state index in [1.165, 1.54) is 0 Å². The maximum Gasteiger partial charge on any atom is 0.250 e. The highest BCUT2D eigenvalue weighted by molar-refractivity contribution is 7.91. The number of halogens is 1. The van der Waals surface area contributed by atoms with Gasteiger partial charge in [0.25, 0.3) is 10.0 Å². The molecule has 1 aliphatic heterocycles. The smallest absolute Gasteiger partial charge is 0.250 e. The quantitative estimate of drug-likeness (QED) is 0.756. The molecule has 0 bridgehead atoms. The van der Waals surface area contributed by atoms with E-state index in [1.54, 1.807) is 20.1 Å². The molecule has 2 rings (SSSR count). The molecule has 6 nitrogen and oxygen atoms in total. The Balaban J connectivity index is 2.23. The second-order valence-electron chi connectivity index (χ2n) is 4.64. The second-order valence-corrected chi connectivity index (χ2v) is 8.28. The van der Waals surface area contributed by atoms with E-state index in [0.29, 0.717) is 42.7 Å². The molecule has 1 fully saturated rings. The Labute approximate surface area is 133 Å². The number of rotatable bonds is 7. The Kier molecular flexibility index (Phi) is 5.64. The fourth-order valence-electron chi connectivity index (χ4n) is 2.02. The minimum absolute atomic E-state index is 0.134. The third-order valence-corrected chi connectivity index (χ3v) is 6.32. The molecule has 1 aliphatic rings. The first-order valence-electron chi connectivity index (χ1n) is 6.45. The van der Waals surface area contributed by atoms with Crippen LogP contribution in [0.4, 0.5) is 0 Å². The van der Waals surface area contributed by atoms with Crippen molar-refractivity contribution in [2.24, 2.45) is 0 Å². The van der Waals surface area contributed by atoms with Gasteiger partial charge in [0.15, 0.2) is 5.79 Å². The zero-order valence-electron chi connectivity index (χ0n) is 11.8. The van der Waals surface area contributed by atoms with Crippen LogP contribution < -0.4 is 4.72 Å². The molecule has 1 N–H and O–H groups in total. The van der Waals surface area contributed by atoms with Crippen molar-refractivity contribution in [3.8, 4) is 0 Å². The zero-order chi connectivity index (χ0) is 15.5. The Morgan fingerprint density at radius 3 is 2.76 bits per heavy atom. The summed E-state index contributed by atoms with van der Waals surface area (Å²) in [5.74, 6) is -1.07. The summed E-state index contributed by atoms with van der Waals surface area (Å²) in [5, 5.41) is 0. The van der Waals surface area contributed by atoms with Crippen LogP contribution in [0.15, 0.2) is 10.3 Å². The van der Waals surface area contributed by atoms with Crippen molar-refractivity contribution < 1.29 is 22.6 Å². The monoisotopic (exact) mass is 355 g/mol. The largest absolute Gasteiger partial charge is 0.385 e. The summed E-state index contributed by atoms with van der Waals surface area (Å²) < 4.78 is 43.8. The molecule has 0 spiro atoms. The molecule has 0 saturated carbocycles. The lowest BCUT2D eigenvalue weighted by molar-refractivity contribution is -0.151. The van der Waals surface area contributed by atoms with Crippen LogP contribution in [0, 0.1) is 0 Å². The van der Waals surface area contributed by atoms with E-state index in [-0.39, 0.29) is 4.21 Å². The number of hydrogen-bond donors (Lipinski definition) is 1. The molecule has 0 radical (unpaired) electrons. The molecule has 0 aromatic carbocycles. The third kappa shape index (κ3) is 3.95. The van der Waals surface area contributed by atoms with E-state index in [4.69, 9.17) is 25.8 Å². The van der Waals surface area contributed by atoms with E-state index in [2.05, 4.69) is 4.72 Å². The second kappa shape index (κ2) is 6.91. The van der Waals surface area contributed by atoms with E-state index in [9.17, 15) is 8.42 Å². The molecule has 2 heterocycles. The minimum atomic E-state index is -3.66. The van der Waals surface area contributed by atoms with Crippen molar-refractivity contribution in [2.45, 2.75) is 23.3 Å². The van der Waals surface area contributed by atoms with Gasteiger partial charge in [-0.25, -0.2) is 13.1 Å². The van der Waals surface area contributed by atoms with Gasteiger partial charge in [-0.1, -0.05) is 11.6 Å². The lowest BCUT2D eigenvalue weighted by Gasteiger charge is -2.22. The van der Waals surface area contributed by atoms with Gasteiger partial charge in [-0.15, -0.1) is 11.3 Å². The SMILES string of the molecule is COCCCNS(=O)(=O)c1sc(Cl)cc1C1(C)OCCO1. The summed E-state index contributed by atoms with van der Waals surface area (Å²) in [6, 6.07) is 1.58. The first-order chi connectivity index (χ1) is 9.89. The highest BCUT2D eigenvalue weighted by Gasteiger charge is 2.39. The molecular weight excluding hydrogens is 338 g/mol. The number of sulfonamides is 1. The van der Waals surface area contributed by atoms with Gasteiger partial charge in [-0.2, -0.15) is 0 Å². The predicted octanol–water partition coefficient (Wildman–Crippen LogP) is 1.94. The fourth-order valence-corrected chi connectivity index (χ4v) is 5.17. The van der Waals surface area contributed by atoms with Crippen LogP contribution in [0.1, 0.15) is 18.9 Å². The Bertz CT molecular complexity index is 580. The molecule has 1 aromatic heterocycles. The third-order valence-electron chi connectivity index (χ3n) is 3.06. The molecule has 0 aliphatic carbocycles. The highest BCUT2D eigenvalue weighted by Crippen LogP contribution is 2.41. The van der Waals surface area contributed by atoms with Crippen LogP contribution in [-0.2, 0) is 30.0 Å². The molecule has 0 atom stereocenters. The number of nitrogens with one attached hydrogen (secondary N) is 1. The van der Waals surface area contributed by atoms with Gasteiger partial charge < -0.3 is 14.2 Å².